The molecule has 0 fully saturated rings. The molecule has 0 spiro atoms. The van der Waals surface area contributed by atoms with E-state index in [0.29, 0.717) is 12.1 Å². The number of benzene rings is 1. The summed E-state index contributed by atoms with van der Waals surface area (Å²) >= 11 is 0. The standard InChI is InChI=1S/C12H18F2N2/c1-4-15-8-12(16(2)3)10-7-9(13)5-6-11(10)14/h5-7,12,15H,4,8H2,1-3H3. The molecule has 1 aromatic rings. The normalized spacial score (nSPS) is 13.1. The SMILES string of the molecule is CCNCC(c1cc(F)ccc1F)N(C)C. The topological polar surface area (TPSA) is 15.3 Å². The molecular weight excluding hydrogens is 210 g/mol. The van der Waals surface area contributed by atoms with E-state index < -0.39 is 5.82 Å². The largest absolute Gasteiger partial charge is 0.315 e. The first-order valence-corrected chi connectivity index (χ1v) is 5.38. The lowest BCUT2D eigenvalue weighted by atomic mass is 10.1. The average Bonchev–Trinajstić information content (AvgIpc) is 2.23. The van der Waals surface area contributed by atoms with E-state index in [9.17, 15) is 8.78 Å². The van der Waals surface area contributed by atoms with Gasteiger partial charge >= 0.3 is 0 Å². The first kappa shape index (κ1) is 13.1. The van der Waals surface area contributed by atoms with Crippen molar-refractivity contribution in [1.82, 2.24) is 10.2 Å². The highest BCUT2D eigenvalue weighted by Gasteiger charge is 2.18. The third-order valence-electron chi connectivity index (χ3n) is 2.53. The monoisotopic (exact) mass is 228 g/mol. The van der Waals surface area contributed by atoms with Gasteiger partial charge in [-0.3, -0.25) is 0 Å². The summed E-state index contributed by atoms with van der Waals surface area (Å²) in [7, 11) is 3.71. The third-order valence-corrected chi connectivity index (χ3v) is 2.53. The summed E-state index contributed by atoms with van der Waals surface area (Å²) in [5.41, 5.74) is 0.394. The van der Waals surface area contributed by atoms with Gasteiger partial charge in [-0.05, 0) is 38.8 Å². The molecule has 0 aromatic heterocycles. The molecule has 16 heavy (non-hydrogen) atoms. The van der Waals surface area contributed by atoms with Crippen molar-refractivity contribution in [3.05, 3.63) is 35.4 Å². The van der Waals surface area contributed by atoms with E-state index in [1.807, 2.05) is 25.9 Å². The molecule has 2 nitrogen and oxygen atoms in total. The number of hydrogen-bond donors (Lipinski definition) is 1. The highest BCUT2D eigenvalue weighted by molar-refractivity contribution is 5.22. The Morgan fingerprint density at radius 2 is 2.00 bits per heavy atom. The van der Waals surface area contributed by atoms with Gasteiger partial charge in [0.15, 0.2) is 0 Å². The minimum absolute atomic E-state index is 0.157. The van der Waals surface area contributed by atoms with E-state index in [1.54, 1.807) is 0 Å². The molecule has 0 aliphatic carbocycles. The second-order valence-electron chi connectivity index (χ2n) is 3.95. The second kappa shape index (κ2) is 5.92. The van der Waals surface area contributed by atoms with Crippen LogP contribution in [0.3, 0.4) is 0 Å². The molecule has 0 aliphatic heterocycles. The van der Waals surface area contributed by atoms with E-state index in [4.69, 9.17) is 0 Å². The molecule has 0 heterocycles. The highest BCUT2D eigenvalue weighted by atomic mass is 19.1. The average molecular weight is 228 g/mol. The van der Waals surface area contributed by atoms with E-state index in [-0.39, 0.29) is 11.9 Å². The molecule has 4 heteroatoms. The molecule has 1 aromatic carbocycles. The van der Waals surface area contributed by atoms with Crippen LogP contribution in [0.1, 0.15) is 18.5 Å². The molecular formula is C12H18F2N2. The van der Waals surface area contributed by atoms with Gasteiger partial charge in [0.2, 0.25) is 0 Å². The van der Waals surface area contributed by atoms with Gasteiger partial charge < -0.3 is 10.2 Å². The van der Waals surface area contributed by atoms with Crippen molar-refractivity contribution in [2.45, 2.75) is 13.0 Å². The number of halogens is 2. The first-order valence-electron chi connectivity index (χ1n) is 5.38. The van der Waals surface area contributed by atoms with Crippen molar-refractivity contribution in [2.24, 2.45) is 0 Å². The molecule has 1 atom stereocenters. The van der Waals surface area contributed by atoms with Gasteiger partial charge in [-0.25, -0.2) is 8.78 Å². The van der Waals surface area contributed by atoms with Crippen molar-refractivity contribution in [2.75, 3.05) is 27.2 Å². The smallest absolute Gasteiger partial charge is 0.128 e. The fraction of sp³-hybridized carbons (Fsp3) is 0.500. The van der Waals surface area contributed by atoms with Crippen molar-refractivity contribution >= 4 is 0 Å². The zero-order valence-electron chi connectivity index (χ0n) is 9.93. The molecule has 0 aliphatic rings. The van der Waals surface area contributed by atoms with E-state index in [0.717, 1.165) is 12.6 Å². The number of nitrogens with zero attached hydrogens (tertiary/aromatic N) is 1. The lowest BCUT2D eigenvalue weighted by molar-refractivity contribution is 0.282. The predicted octanol–water partition coefficient (Wildman–Crippen LogP) is 2.18. The first-order chi connectivity index (χ1) is 7.56. The van der Waals surface area contributed by atoms with Crippen molar-refractivity contribution in [3.63, 3.8) is 0 Å². The maximum atomic E-state index is 13.6. The Kier molecular flexibility index (Phi) is 4.83. The Labute approximate surface area is 95.3 Å². The van der Waals surface area contributed by atoms with Gasteiger partial charge in [0.25, 0.3) is 0 Å². The zero-order valence-corrected chi connectivity index (χ0v) is 9.93. The van der Waals surface area contributed by atoms with Crippen LogP contribution in [-0.2, 0) is 0 Å². The minimum atomic E-state index is -0.403. The van der Waals surface area contributed by atoms with E-state index in [2.05, 4.69) is 5.32 Å². The molecule has 1 N–H and O–H groups in total. The van der Waals surface area contributed by atoms with Crippen LogP contribution in [-0.4, -0.2) is 32.1 Å². The van der Waals surface area contributed by atoms with Gasteiger partial charge in [-0.2, -0.15) is 0 Å². The molecule has 0 radical (unpaired) electrons. The number of nitrogens with one attached hydrogen (secondary N) is 1. The van der Waals surface area contributed by atoms with Gasteiger partial charge in [0, 0.05) is 18.2 Å². The Morgan fingerprint density at radius 1 is 1.31 bits per heavy atom. The zero-order chi connectivity index (χ0) is 12.1. The predicted molar refractivity (Wildman–Crippen MR) is 61.3 cm³/mol. The van der Waals surface area contributed by atoms with Crippen LogP contribution in [0.5, 0.6) is 0 Å². The number of rotatable bonds is 5. The Morgan fingerprint density at radius 3 is 2.56 bits per heavy atom. The van der Waals surface area contributed by atoms with Crippen LogP contribution in [0.25, 0.3) is 0 Å². The molecule has 0 saturated heterocycles. The quantitative estimate of drug-likeness (QED) is 0.831. The Hall–Kier alpha value is -1.00. The van der Waals surface area contributed by atoms with Gasteiger partial charge in [-0.15, -0.1) is 0 Å². The Balaban J connectivity index is 2.95. The number of likely N-dealkylation sites (N-methyl/N-ethyl adjacent to an activating group) is 2. The fourth-order valence-electron chi connectivity index (χ4n) is 1.62. The van der Waals surface area contributed by atoms with Gasteiger partial charge in [0.05, 0.1) is 0 Å². The third kappa shape index (κ3) is 3.25. The van der Waals surface area contributed by atoms with Crippen LogP contribution >= 0.6 is 0 Å². The summed E-state index contributed by atoms with van der Waals surface area (Å²) < 4.78 is 26.7. The maximum Gasteiger partial charge on any atom is 0.128 e. The second-order valence-corrected chi connectivity index (χ2v) is 3.95. The lowest BCUT2D eigenvalue weighted by Crippen LogP contribution is -2.31. The molecule has 1 rings (SSSR count). The molecule has 0 bridgehead atoms. The van der Waals surface area contributed by atoms with E-state index in [1.165, 1.54) is 12.1 Å². The highest BCUT2D eigenvalue weighted by Crippen LogP contribution is 2.21. The lowest BCUT2D eigenvalue weighted by Gasteiger charge is -2.25. The van der Waals surface area contributed by atoms with Crippen LogP contribution in [0.4, 0.5) is 8.78 Å². The summed E-state index contributed by atoms with van der Waals surface area (Å²) in [6.45, 7) is 3.39. The molecule has 0 amide bonds. The van der Waals surface area contributed by atoms with Gasteiger partial charge in [-0.1, -0.05) is 6.92 Å². The van der Waals surface area contributed by atoms with E-state index >= 15 is 0 Å². The van der Waals surface area contributed by atoms with Crippen molar-refractivity contribution < 1.29 is 8.78 Å². The van der Waals surface area contributed by atoms with Crippen molar-refractivity contribution in [1.29, 1.82) is 0 Å². The maximum absolute atomic E-state index is 13.6. The molecule has 1 unspecified atom stereocenters. The summed E-state index contributed by atoms with van der Waals surface area (Å²) in [5.74, 6) is -0.766. The fourth-order valence-corrected chi connectivity index (χ4v) is 1.62. The van der Waals surface area contributed by atoms with Crippen molar-refractivity contribution in [3.8, 4) is 0 Å². The summed E-state index contributed by atoms with van der Waals surface area (Å²) in [5, 5.41) is 3.14. The number of hydrogen-bond acceptors (Lipinski definition) is 2. The van der Waals surface area contributed by atoms with Crippen LogP contribution < -0.4 is 5.32 Å². The van der Waals surface area contributed by atoms with Crippen LogP contribution in [0, 0.1) is 11.6 Å². The Bertz CT molecular complexity index is 340. The van der Waals surface area contributed by atoms with Crippen LogP contribution in [0.2, 0.25) is 0 Å². The summed E-state index contributed by atoms with van der Waals surface area (Å²) in [4.78, 5) is 1.88. The molecule has 90 valence electrons. The van der Waals surface area contributed by atoms with Crippen LogP contribution in [0.15, 0.2) is 18.2 Å². The minimum Gasteiger partial charge on any atom is -0.315 e. The summed E-state index contributed by atoms with van der Waals surface area (Å²) in [6.07, 6.45) is 0. The summed E-state index contributed by atoms with van der Waals surface area (Å²) in [6, 6.07) is 3.42. The van der Waals surface area contributed by atoms with Gasteiger partial charge in [0.1, 0.15) is 11.6 Å². The molecule has 0 saturated carbocycles.